The number of thiophene rings is 1. The largest absolute Gasteiger partial charge is 0.483 e. The monoisotopic (exact) mass is 1010 g/mol. The molecule has 0 spiro atoms. The van der Waals surface area contributed by atoms with Crippen molar-refractivity contribution in [1.82, 2.24) is 34.9 Å². The molecule has 17 heteroatoms. The number of imidazole rings is 1. The van der Waals surface area contributed by atoms with E-state index in [1.807, 2.05) is 50.2 Å². The number of carbonyl (C=O) groups excluding carboxylic acids is 4. The molecular weight excluding hydrogens is 943 g/mol. The van der Waals surface area contributed by atoms with Crippen molar-refractivity contribution >= 4 is 63.8 Å². The van der Waals surface area contributed by atoms with Gasteiger partial charge in [0.05, 0.1) is 23.1 Å². The topological polar surface area (TPSA) is 190 Å². The standard InChI is InChI=1S/C55H65N9O5S.CH2O2/c1-35-6-11-42(58-43-32-56-33-43)30-45(35)52(66)57-36(2)41-10-9-39(46(29-41)50-5-4-28-70-50)8-7-37-16-22-61(23-17-37)34-38-18-24-63(25-19-38)54(68)40-20-26-62(27-21-40)44-12-13-47-49(31-44)60(3)55(69)64(47)48-14-15-51(65)59-53(48)67;2-1-3/h4-6,9-13,28-31,36-38,40,43,48,56,58H,14-27,32-34H2,1-3H3,(H,57,66)(H,59,65,67);1H,(H,2,3)/t36-,48?;/m1./s1. The van der Waals surface area contributed by atoms with Crippen molar-refractivity contribution in [2.75, 3.05) is 69.1 Å². The maximum absolute atomic E-state index is 13.8. The number of amides is 4. The van der Waals surface area contributed by atoms with Crippen LogP contribution in [-0.2, 0) is 26.2 Å². The lowest BCUT2D eigenvalue weighted by Gasteiger charge is -2.39. The molecule has 2 atom stereocenters. The first kappa shape index (κ1) is 51.2. The number of aryl methyl sites for hydroxylation is 2. The first-order valence-corrected chi connectivity index (χ1v) is 26.7. The molecule has 5 aromatic rings. The highest BCUT2D eigenvalue weighted by atomic mass is 32.1. The summed E-state index contributed by atoms with van der Waals surface area (Å²) in [5.41, 5.74) is 7.92. The number of likely N-dealkylation sites (tertiary alicyclic amines) is 2. The maximum Gasteiger partial charge on any atom is 0.329 e. The number of aromatic nitrogens is 2. The van der Waals surface area contributed by atoms with Gasteiger partial charge in [0.1, 0.15) is 6.04 Å². The van der Waals surface area contributed by atoms with Crippen LogP contribution in [0, 0.1) is 36.5 Å². The molecule has 16 nitrogen and oxygen atoms in total. The Kier molecular flexibility index (Phi) is 16.1. The number of carboxylic acid groups (broad SMARTS) is 1. The van der Waals surface area contributed by atoms with Crippen LogP contribution in [0.15, 0.2) is 76.9 Å². The van der Waals surface area contributed by atoms with E-state index in [1.54, 1.807) is 23.0 Å². The van der Waals surface area contributed by atoms with Gasteiger partial charge in [-0.3, -0.25) is 38.4 Å². The number of nitrogens with one attached hydrogen (secondary N) is 4. The quantitative estimate of drug-likeness (QED) is 0.0580. The van der Waals surface area contributed by atoms with E-state index in [1.165, 1.54) is 9.44 Å². The molecule has 0 aliphatic carbocycles. The Balaban J connectivity index is 0.00000214. The molecule has 0 radical (unpaired) electrons. The average molecular weight is 1010 g/mol. The van der Waals surface area contributed by atoms with Gasteiger partial charge in [-0.25, -0.2) is 4.79 Å². The number of nitrogens with zero attached hydrogens (tertiary/aromatic N) is 5. The number of anilines is 2. The van der Waals surface area contributed by atoms with Crippen LogP contribution in [0.1, 0.15) is 97.4 Å². The molecule has 4 amide bonds. The molecule has 0 bridgehead atoms. The number of rotatable bonds is 11. The zero-order chi connectivity index (χ0) is 51.2. The van der Waals surface area contributed by atoms with Gasteiger partial charge in [0, 0.05) is 104 Å². The summed E-state index contributed by atoms with van der Waals surface area (Å²) < 4.78 is 3.09. The molecule has 1 unspecified atom stereocenters. The smallest absolute Gasteiger partial charge is 0.329 e. The summed E-state index contributed by atoms with van der Waals surface area (Å²) >= 11 is 1.71. The predicted octanol–water partition coefficient (Wildman–Crippen LogP) is 6.15. The molecule has 5 saturated heterocycles. The third kappa shape index (κ3) is 11.7. The van der Waals surface area contributed by atoms with Crippen LogP contribution in [0.3, 0.4) is 0 Å². The molecule has 5 aliphatic rings. The molecule has 10 rings (SSSR count). The summed E-state index contributed by atoms with van der Waals surface area (Å²) in [7, 11) is 1.72. The Labute approximate surface area is 430 Å². The molecule has 0 saturated carbocycles. The van der Waals surface area contributed by atoms with Gasteiger partial charge in [-0.2, -0.15) is 0 Å². The molecular formula is C56H67N9O7S. The van der Waals surface area contributed by atoms with E-state index >= 15 is 0 Å². The minimum atomic E-state index is -0.713. The Morgan fingerprint density at radius 2 is 1.64 bits per heavy atom. The first-order valence-electron chi connectivity index (χ1n) is 25.8. The fourth-order valence-corrected chi connectivity index (χ4v) is 11.8. The van der Waals surface area contributed by atoms with Crippen LogP contribution in [-0.4, -0.2) is 119 Å². The zero-order valence-electron chi connectivity index (χ0n) is 42.0. The van der Waals surface area contributed by atoms with Crippen molar-refractivity contribution in [3.05, 3.63) is 105 Å². The lowest BCUT2D eigenvalue weighted by atomic mass is 9.90. The van der Waals surface area contributed by atoms with Crippen LogP contribution in [0.5, 0.6) is 0 Å². The number of piperidine rings is 4. The molecule has 5 fully saturated rings. The number of fused-ring (bicyclic) bond motifs is 1. The van der Waals surface area contributed by atoms with E-state index in [9.17, 15) is 24.0 Å². The van der Waals surface area contributed by atoms with Crippen molar-refractivity contribution in [1.29, 1.82) is 0 Å². The van der Waals surface area contributed by atoms with Crippen LogP contribution in [0.2, 0.25) is 0 Å². The number of imide groups is 1. The lowest BCUT2D eigenvalue weighted by Crippen LogP contribution is -2.51. The highest BCUT2D eigenvalue weighted by Gasteiger charge is 2.34. The van der Waals surface area contributed by atoms with E-state index < -0.39 is 11.9 Å². The predicted molar refractivity (Wildman–Crippen MR) is 285 cm³/mol. The number of hydrogen-bond acceptors (Lipinski definition) is 11. The fourth-order valence-electron chi connectivity index (χ4n) is 11.1. The Morgan fingerprint density at radius 3 is 2.33 bits per heavy atom. The molecule has 3 aromatic carbocycles. The molecule has 73 heavy (non-hydrogen) atoms. The summed E-state index contributed by atoms with van der Waals surface area (Å²) in [5, 5.41) is 21.4. The fraction of sp³-hybridized carbons (Fsp3) is 0.464. The summed E-state index contributed by atoms with van der Waals surface area (Å²) in [6.45, 7) is 12.0. The van der Waals surface area contributed by atoms with Gasteiger partial charge in [-0.15, -0.1) is 11.3 Å². The van der Waals surface area contributed by atoms with Crippen molar-refractivity contribution in [2.45, 2.75) is 83.3 Å². The van der Waals surface area contributed by atoms with Crippen LogP contribution in [0.25, 0.3) is 21.5 Å². The van der Waals surface area contributed by atoms with Crippen molar-refractivity contribution in [2.24, 2.45) is 24.8 Å². The molecule has 5 N–H and O–H groups in total. The molecule has 384 valence electrons. The third-order valence-corrected chi connectivity index (χ3v) is 16.5. The van der Waals surface area contributed by atoms with Gasteiger partial charge < -0.3 is 35.8 Å². The van der Waals surface area contributed by atoms with E-state index in [2.05, 4.69) is 83.5 Å². The third-order valence-electron chi connectivity index (χ3n) is 15.6. The van der Waals surface area contributed by atoms with Gasteiger partial charge in [0.15, 0.2) is 0 Å². The van der Waals surface area contributed by atoms with Crippen LogP contribution >= 0.6 is 11.3 Å². The van der Waals surface area contributed by atoms with Crippen LogP contribution in [0.4, 0.5) is 11.4 Å². The van der Waals surface area contributed by atoms with E-state index in [0.717, 1.165) is 137 Å². The SMILES string of the molecule is Cc1ccc(NC2CNC2)cc1C(=O)N[C@H](C)c1ccc(C#CC2CCN(CC3CCN(C(=O)C4CCN(c5ccc6c(c5)n(C)c(=O)n6C5CCC(=O)NC5=O)CC4)CC3)CC2)c(-c2cccs2)c1.O=CO. The second-order valence-corrected chi connectivity index (χ2v) is 21.3. The van der Waals surface area contributed by atoms with Crippen molar-refractivity contribution in [3.63, 3.8) is 0 Å². The Morgan fingerprint density at radius 1 is 0.890 bits per heavy atom. The van der Waals surface area contributed by atoms with Crippen LogP contribution < -0.4 is 31.9 Å². The summed E-state index contributed by atoms with van der Waals surface area (Å²) in [6.07, 6.45) is 6.25. The minimum absolute atomic E-state index is 0.0146. The second-order valence-electron chi connectivity index (χ2n) is 20.3. The summed E-state index contributed by atoms with van der Waals surface area (Å²) in [6, 6.07) is 22.1. The van der Waals surface area contributed by atoms with Gasteiger partial charge in [0.25, 0.3) is 12.4 Å². The van der Waals surface area contributed by atoms with Gasteiger partial charge >= 0.3 is 5.69 Å². The lowest BCUT2D eigenvalue weighted by molar-refractivity contribution is -0.138. The summed E-state index contributed by atoms with van der Waals surface area (Å²) in [4.78, 5) is 81.6. The van der Waals surface area contributed by atoms with E-state index in [0.29, 0.717) is 35.4 Å². The van der Waals surface area contributed by atoms with Gasteiger partial charge in [0.2, 0.25) is 17.7 Å². The van der Waals surface area contributed by atoms with Crippen molar-refractivity contribution in [3.8, 4) is 22.3 Å². The van der Waals surface area contributed by atoms with Gasteiger partial charge in [-0.05, 0) is 143 Å². The zero-order valence-corrected chi connectivity index (χ0v) is 42.8. The number of benzene rings is 3. The average Bonchev–Trinajstić information content (AvgIpc) is 4.01. The number of hydrogen-bond donors (Lipinski definition) is 5. The van der Waals surface area contributed by atoms with E-state index in [-0.39, 0.29) is 48.3 Å². The Hall–Kier alpha value is -6.74. The second kappa shape index (κ2) is 23.0. The molecule has 5 aliphatic heterocycles. The number of carbonyl (C=O) groups is 5. The highest BCUT2D eigenvalue weighted by Crippen LogP contribution is 2.33. The molecule has 7 heterocycles. The van der Waals surface area contributed by atoms with Crippen molar-refractivity contribution < 1.29 is 29.1 Å². The minimum Gasteiger partial charge on any atom is -0.483 e. The maximum atomic E-state index is 13.8. The normalized spacial score (nSPS) is 19.7. The highest BCUT2D eigenvalue weighted by molar-refractivity contribution is 7.13. The molecule has 2 aromatic heterocycles. The summed E-state index contributed by atoms with van der Waals surface area (Å²) in [5.74, 6) is 7.65. The Bertz CT molecular complexity index is 2950. The van der Waals surface area contributed by atoms with Gasteiger partial charge in [-0.1, -0.05) is 30.0 Å². The van der Waals surface area contributed by atoms with E-state index in [4.69, 9.17) is 9.90 Å². The first-order chi connectivity index (χ1) is 35.4.